The van der Waals surface area contributed by atoms with E-state index in [9.17, 15) is 0 Å². The third kappa shape index (κ3) is 4.45. The van der Waals surface area contributed by atoms with Gasteiger partial charge in [-0.25, -0.2) is 0 Å². The second-order valence-electron chi connectivity index (χ2n) is 1.88. The summed E-state index contributed by atoms with van der Waals surface area (Å²) in [4.78, 5) is 0. The molecule has 0 heterocycles. The van der Waals surface area contributed by atoms with Gasteiger partial charge in [-0.05, 0) is 0 Å². The number of rotatable bonds is 3. The number of hydrogen-bond donors (Lipinski definition) is 0. The van der Waals surface area contributed by atoms with Crippen molar-refractivity contribution < 1.29 is 3.53 Å². The van der Waals surface area contributed by atoms with Crippen LogP contribution >= 0.6 is 0 Å². The van der Waals surface area contributed by atoms with Crippen LogP contribution in [0.5, 0.6) is 0 Å². The third-order valence-corrected chi connectivity index (χ3v) is 1.59. The molecule has 0 bridgehead atoms. The van der Waals surface area contributed by atoms with Crippen LogP contribution in [0, 0.1) is 5.92 Å². The van der Waals surface area contributed by atoms with Gasteiger partial charge in [0.25, 0.3) is 0 Å². The maximum atomic E-state index is 5.02. The van der Waals surface area contributed by atoms with E-state index in [0.29, 0.717) is 0 Å². The van der Waals surface area contributed by atoms with E-state index >= 15 is 0 Å². The molecule has 0 aromatic rings. The molecule has 0 aromatic heterocycles. The van der Waals surface area contributed by atoms with E-state index in [4.69, 9.17) is 3.53 Å². The molecule has 0 saturated heterocycles. The van der Waals surface area contributed by atoms with Gasteiger partial charge in [-0.15, -0.1) is 0 Å². The van der Waals surface area contributed by atoms with Crippen LogP contribution in [-0.4, -0.2) is 25.6 Å². The Morgan fingerprint density at radius 1 is 1.71 bits per heavy atom. The zero-order valence-electron chi connectivity index (χ0n) is 5.11. The standard InChI is InChI=1S/C5H11O.Ga.H/c1-3-5(2)4-6;;/h5H,3-4H2,1-2H3;;/q-1;+1;. The molecule has 41 valence electrons. The van der Waals surface area contributed by atoms with Gasteiger partial charge in [0.15, 0.2) is 0 Å². The molecule has 1 radical (unpaired) electrons. The Kier molecular flexibility index (Phi) is 5.15. The third-order valence-electron chi connectivity index (χ3n) is 1.10. The minimum atomic E-state index is 0.758. The fraction of sp³-hybridized carbons (Fsp3) is 1.00. The average molecular weight is 158 g/mol. The van der Waals surface area contributed by atoms with Gasteiger partial charge in [-0.2, -0.15) is 0 Å². The SMILES string of the molecule is CCC(C)C[O][GaH]. The van der Waals surface area contributed by atoms with Crippen molar-refractivity contribution in [3.8, 4) is 0 Å². The molecule has 0 aliphatic carbocycles. The Balaban J connectivity index is 2.83. The summed E-state index contributed by atoms with van der Waals surface area (Å²) in [5.41, 5.74) is 0. The molecule has 0 aliphatic heterocycles. The fourth-order valence-corrected chi connectivity index (χ4v) is 1.16. The van der Waals surface area contributed by atoms with Crippen molar-refractivity contribution >= 4 is 19.0 Å². The summed E-state index contributed by atoms with van der Waals surface area (Å²) >= 11 is 0.977. The zero-order chi connectivity index (χ0) is 5.70. The van der Waals surface area contributed by atoms with Gasteiger partial charge in [-0.3, -0.25) is 0 Å². The first-order valence-electron chi connectivity index (χ1n) is 2.68. The van der Waals surface area contributed by atoms with Gasteiger partial charge in [0.1, 0.15) is 0 Å². The van der Waals surface area contributed by atoms with E-state index < -0.39 is 0 Å². The quantitative estimate of drug-likeness (QED) is 0.553. The Labute approximate surface area is 55.8 Å². The molecule has 0 rings (SSSR count). The number of hydrogen-bond acceptors (Lipinski definition) is 1. The molecular weight excluding hydrogens is 146 g/mol. The van der Waals surface area contributed by atoms with Crippen LogP contribution in [0.4, 0.5) is 0 Å². The van der Waals surface area contributed by atoms with Crippen LogP contribution < -0.4 is 0 Å². The van der Waals surface area contributed by atoms with Crippen LogP contribution in [0.25, 0.3) is 0 Å². The van der Waals surface area contributed by atoms with Gasteiger partial charge < -0.3 is 0 Å². The normalized spacial score (nSPS) is 14.0. The topological polar surface area (TPSA) is 9.23 Å². The summed E-state index contributed by atoms with van der Waals surface area (Å²) < 4.78 is 5.02. The van der Waals surface area contributed by atoms with E-state index in [1.54, 1.807) is 0 Å². The molecule has 1 unspecified atom stereocenters. The Morgan fingerprint density at radius 3 is 2.43 bits per heavy atom. The molecule has 0 fully saturated rings. The van der Waals surface area contributed by atoms with Gasteiger partial charge in [-0.1, -0.05) is 0 Å². The molecule has 0 aromatic carbocycles. The van der Waals surface area contributed by atoms with Crippen LogP contribution in [0.15, 0.2) is 0 Å². The minimum absolute atomic E-state index is 0.758. The van der Waals surface area contributed by atoms with Gasteiger partial charge in [0.05, 0.1) is 0 Å². The predicted octanol–water partition coefficient (Wildman–Crippen LogP) is 0.865. The second-order valence-corrected chi connectivity index (χ2v) is 2.74. The summed E-state index contributed by atoms with van der Waals surface area (Å²) in [6, 6.07) is 0. The van der Waals surface area contributed by atoms with Crippen molar-refractivity contribution in [1.82, 2.24) is 0 Å². The molecule has 2 heteroatoms. The van der Waals surface area contributed by atoms with E-state index in [1.165, 1.54) is 6.42 Å². The van der Waals surface area contributed by atoms with Crippen molar-refractivity contribution in [3.05, 3.63) is 0 Å². The summed E-state index contributed by atoms with van der Waals surface area (Å²) in [5.74, 6) is 0.758. The first kappa shape index (κ1) is 7.60. The van der Waals surface area contributed by atoms with Crippen molar-refractivity contribution in [2.75, 3.05) is 6.61 Å². The molecule has 0 amide bonds. The molecule has 0 N–H and O–H groups in total. The molecule has 1 atom stereocenters. The molecule has 1 nitrogen and oxygen atoms in total. The monoisotopic (exact) mass is 157 g/mol. The molecule has 0 saturated carbocycles. The van der Waals surface area contributed by atoms with Crippen molar-refractivity contribution in [2.24, 2.45) is 5.92 Å². The Hall–Kier alpha value is 0.596. The summed E-state index contributed by atoms with van der Waals surface area (Å²) in [7, 11) is 0. The molecular formula is C5H12GaO. The average Bonchev–Trinajstić information content (AvgIpc) is 1.68. The zero-order valence-corrected chi connectivity index (χ0v) is 8.07. The fourth-order valence-electron chi connectivity index (χ4n) is 0.319. The second kappa shape index (κ2) is 4.75. The van der Waals surface area contributed by atoms with Crippen LogP contribution in [0.1, 0.15) is 20.3 Å². The van der Waals surface area contributed by atoms with Crippen molar-refractivity contribution in [1.29, 1.82) is 0 Å². The summed E-state index contributed by atoms with van der Waals surface area (Å²) in [6.07, 6.45) is 1.24. The first-order chi connectivity index (χ1) is 3.31. The van der Waals surface area contributed by atoms with E-state index in [-0.39, 0.29) is 0 Å². The molecule has 0 aliphatic rings. The van der Waals surface area contributed by atoms with Crippen LogP contribution in [-0.2, 0) is 3.53 Å². The molecule has 7 heavy (non-hydrogen) atoms. The summed E-state index contributed by atoms with van der Waals surface area (Å²) in [6.45, 7) is 5.34. The first-order valence-corrected chi connectivity index (χ1v) is 3.89. The summed E-state index contributed by atoms with van der Waals surface area (Å²) in [5, 5.41) is 0. The van der Waals surface area contributed by atoms with E-state index in [1.807, 2.05) is 0 Å². The predicted molar refractivity (Wildman–Crippen MR) is 32.6 cm³/mol. The van der Waals surface area contributed by atoms with Gasteiger partial charge >= 0.3 is 55.3 Å². The van der Waals surface area contributed by atoms with Crippen LogP contribution in [0.2, 0.25) is 0 Å². The van der Waals surface area contributed by atoms with Gasteiger partial charge in [0.2, 0.25) is 0 Å². The Bertz CT molecular complexity index is 39.1. The van der Waals surface area contributed by atoms with Crippen molar-refractivity contribution in [3.63, 3.8) is 0 Å². The maximum absolute atomic E-state index is 5.02. The van der Waals surface area contributed by atoms with E-state index in [2.05, 4.69) is 13.8 Å². The van der Waals surface area contributed by atoms with Crippen molar-refractivity contribution in [2.45, 2.75) is 20.3 Å². The van der Waals surface area contributed by atoms with Crippen LogP contribution in [0.3, 0.4) is 0 Å². The van der Waals surface area contributed by atoms with E-state index in [0.717, 1.165) is 31.5 Å². The Morgan fingerprint density at radius 2 is 2.29 bits per heavy atom. The van der Waals surface area contributed by atoms with Gasteiger partial charge in [0, 0.05) is 0 Å². The molecule has 0 spiro atoms.